The molecule has 0 aromatic heterocycles. The van der Waals surface area contributed by atoms with Gasteiger partial charge in [-0.1, -0.05) is 18.2 Å². The molecule has 2 fully saturated rings. The molecule has 3 heteroatoms. The number of fused-ring (bicyclic) bond motifs is 1. The first-order valence-corrected chi connectivity index (χ1v) is 8.55. The van der Waals surface area contributed by atoms with Gasteiger partial charge < -0.3 is 10.1 Å². The first-order valence-electron chi connectivity index (χ1n) is 8.55. The lowest BCUT2D eigenvalue weighted by atomic mass is 9.85. The summed E-state index contributed by atoms with van der Waals surface area (Å²) < 4.78 is 5.51. The van der Waals surface area contributed by atoms with Gasteiger partial charge in [0.1, 0.15) is 0 Å². The van der Waals surface area contributed by atoms with E-state index < -0.39 is 0 Å². The summed E-state index contributed by atoms with van der Waals surface area (Å²) in [5.74, 6) is 1.81. The zero-order valence-electron chi connectivity index (χ0n) is 12.8. The molecule has 21 heavy (non-hydrogen) atoms. The number of nitrogens with zero attached hydrogens (tertiary/aromatic N) is 1. The fourth-order valence-corrected chi connectivity index (χ4v) is 4.36. The van der Waals surface area contributed by atoms with Crippen molar-refractivity contribution in [3.63, 3.8) is 0 Å². The van der Waals surface area contributed by atoms with Crippen LogP contribution in [0.1, 0.15) is 30.4 Å². The SMILES string of the molecule is c1cc2c(c(CN3CCC(C4CCOCC4)C3)c1)NCC2. The molecular formula is C18H26N2O. The second-order valence-corrected chi connectivity index (χ2v) is 6.86. The molecule has 0 radical (unpaired) electrons. The van der Waals surface area contributed by atoms with Gasteiger partial charge in [-0.3, -0.25) is 4.90 Å². The van der Waals surface area contributed by atoms with Crippen LogP contribution >= 0.6 is 0 Å². The van der Waals surface area contributed by atoms with Crippen LogP contribution in [0.15, 0.2) is 18.2 Å². The van der Waals surface area contributed by atoms with Gasteiger partial charge in [-0.2, -0.15) is 0 Å². The van der Waals surface area contributed by atoms with Crippen molar-refractivity contribution in [3.05, 3.63) is 29.3 Å². The molecule has 0 spiro atoms. The van der Waals surface area contributed by atoms with Crippen molar-refractivity contribution < 1.29 is 4.74 Å². The summed E-state index contributed by atoms with van der Waals surface area (Å²) in [5, 5.41) is 3.57. The van der Waals surface area contributed by atoms with Crippen LogP contribution in [0.4, 0.5) is 5.69 Å². The number of nitrogens with one attached hydrogen (secondary N) is 1. The minimum absolute atomic E-state index is 0.901. The van der Waals surface area contributed by atoms with Crippen LogP contribution < -0.4 is 5.32 Å². The summed E-state index contributed by atoms with van der Waals surface area (Å²) in [6.07, 6.45) is 5.13. The van der Waals surface area contributed by atoms with Crippen LogP contribution in [0.5, 0.6) is 0 Å². The fraction of sp³-hybridized carbons (Fsp3) is 0.667. The largest absolute Gasteiger partial charge is 0.384 e. The first kappa shape index (κ1) is 13.6. The quantitative estimate of drug-likeness (QED) is 0.924. The number of para-hydroxylation sites is 1. The zero-order chi connectivity index (χ0) is 14.1. The molecular weight excluding hydrogens is 260 g/mol. The molecule has 4 rings (SSSR count). The number of ether oxygens (including phenoxy) is 1. The highest BCUT2D eigenvalue weighted by Gasteiger charge is 2.30. The fourth-order valence-electron chi connectivity index (χ4n) is 4.36. The third-order valence-corrected chi connectivity index (χ3v) is 5.57. The second kappa shape index (κ2) is 5.98. The molecule has 1 unspecified atom stereocenters. The third kappa shape index (κ3) is 2.82. The van der Waals surface area contributed by atoms with Crippen LogP contribution in [0.3, 0.4) is 0 Å². The average molecular weight is 286 g/mol. The van der Waals surface area contributed by atoms with Gasteiger partial charge in [0.15, 0.2) is 0 Å². The average Bonchev–Trinajstić information content (AvgIpc) is 3.17. The van der Waals surface area contributed by atoms with E-state index in [1.165, 1.54) is 55.6 Å². The third-order valence-electron chi connectivity index (χ3n) is 5.57. The van der Waals surface area contributed by atoms with Crippen LogP contribution in [0.2, 0.25) is 0 Å². The Balaban J connectivity index is 1.39. The predicted octanol–water partition coefficient (Wildman–Crippen LogP) is 2.90. The highest BCUT2D eigenvalue weighted by molar-refractivity contribution is 5.61. The van der Waals surface area contributed by atoms with Crippen LogP contribution in [-0.4, -0.2) is 37.7 Å². The second-order valence-electron chi connectivity index (χ2n) is 6.86. The molecule has 1 N–H and O–H groups in total. The summed E-state index contributed by atoms with van der Waals surface area (Å²) in [6, 6.07) is 6.81. The Morgan fingerprint density at radius 2 is 2.05 bits per heavy atom. The molecule has 114 valence electrons. The molecule has 0 aliphatic carbocycles. The lowest BCUT2D eigenvalue weighted by Gasteiger charge is -2.27. The molecule has 2 saturated heterocycles. The molecule has 3 heterocycles. The number of likely N-dealkylation sites (tertiary alicyclic amines) is 1. The van der Waals surface area contributed by atoms with E-state index in [4.69, 9.17) is 4.74 Å². The minimum atomic E-state index is 0.901. The van der Waals surface area contributed by atoms with Gasteiger partial charge >= 0.3 is 0 Å². The van der Waals surface area contributed by atoms with E-state index in [1.807, 2.05) is 0 Å². The number of rotatable bonds is 3. The number of benzene rings is 1. The standard InChI is InChI=1S/C18H26N2O/c1-2-15-4-8-19-18(15)17(3-1)13-20-9-5-16(12-20)14-6-10-21-11-7-14/h1-3,14,16,19H,4-13H2. The van der Waals surface area contributed by atoms with Gasteiger partial charge in [-0.25, -0.2) is 0 Å². The Morgan fingerprint density at radius 3 is 2.95 bits per heavy atom. The predicted molar refractivity (Wildman–Crippen MR) is 85.6 cm³/mol. The Hall–Kier alpha value is -1.06. The number of anilines is 1. The van der Waals surface area contributed by atoms with Gasteiger partial charge in [0.2, 0.25) is 0 Å². The van der Waals surface area contributed by atoms with Crippen molar-refractivity contribution in [2.45, 2.75) is 32.2 Å². The smallest absolute Gasteiger partial charge is 0.0468 e. The number of hydrogen-bond donors (Lipinski definition) is 1. The van der Waals surface area contributed by atoms with Crippen molar-refractivity contribution in [1.82, 2.24) is 4.90 Å². The summed E-state index contributed by atoms with van der Waals surface area (Å²) in [5.41, 5.74) is 4.43. The molecule has 3 nitrogen and oxygen atoms in total. The lowest BCUT2D eigenvalue weighted by Crippen LogP contribution is -2.26. The van der Waals surface area contributed by atoms with E-state index in [1.54, 1.807) is 0 Å². The molecule has 1 atom stereocenters. The van der Waals surface area contributed by atoms with E-state index in [-0.39, 0.29) is 0 Å². The summed E-state index contributed by atoms with van der Waals surface area (Å²) in [6.45, 7) is 6.75. The van der Waals surface area contributed by atoms with E-state index in [9.17, 15) is 0 Å². The van der Waals surface area contributed by atoms with E-state index in [0.29, 0.717) is 0 Å². The van der Waals surface area contributed by atoms with E-state index in [2.05, 4.69) is 28.4 Å². The molecule has 1 aromatic carbocycles. The van der Waals surface area contributed by atoms with Crippen LogP contribution in [0, 0.1) is 11.8 Å². The molecule has 0 saturated carbocycles. The summed E-state index contributed by atoms with van der Waals surface area (Å²) >= 11 is 0. The maximum atomic E-state index is 5.51. The van der Waals surface area contributed by atoms with Crippen molar-refractivity contribution in [2.24, 2.45) is 11.8 Å². The topological polar surface area (TPSA) is 24.5 Å². The van der Waals surface area contributed by atoms with Crippen LogP contribution in [-0.2, 0) is 17.7 Å². The lowest BCUT2D eigenvalue weighted by molar-refractivity contribution is 0.0477. The van der Waals surface area contributed by atoms with Crippen LogP contribution in [0.25, 0.3) is 0 Å². The van der Waals surface area contributed by atoms with Crippen molar-refractivity contribution >= 4 is 5.69 Å². The van der Waals surface area contributed by atoms with E-state index >= 15 is 0 Å². The van der Waals surface area contributed by atoms with Crippen molar-refractivity contribution in [3.8, 4) is 0 Å². The minimum Gasteiger partial charge on any atom is -0.384 e. The summed E-state index contributed by atoms with van der Waals surface area (Å²) in [7, 11) is 0. The normalized spacial score (nSPS) is 26.8. The van der Waals surface area contributed by atoms with Gasteiger partial charge in [0, 0.05) is 38.5 Å². The maximum absolute atomic E-state index is 5.51. The molecule has 3 aliphatic rings. The van der Waals surface area contributed by atoms with Gasteiger partial charge in [-0.05, 0) is 55.2 Å². The highest BCUT2D eigenvalue weighted by Crippen LogP contribution is 2.33. The summed E-state index contributed by atoms with van der Waals surface area (Å²) in [4.78, 5) is 2.66. The molecule has 3 aliphatic heterocycles. The monoisotopic (exact) mass is 286 g/mol. The molecule has 0 bridgehead atoms. The molecule has 0 amide bonds. The van der Waals surface area contributed by atoms with Gasteiger partial charge in [0.25, 0.3) is 0 Å². The first-order chi connectivity index (χ1) is 10.4. The van der Waals surface area contributed by atoms with Crippen molar-refractivity contribution in [1.29, 1.82) is 0 Å². The zero-order valence-corrected chi connectivity index (χ0v) is 12.8. The number of hydrogen-bond acceptors (Lipinski definition) is 3. The van der Waals surface area contributed by atoms with Gasteiger partial charge in [0.05, 0.1) is 0 Å². The maximum Gasteiger partial charge on any atom is 0.0468 e. The van der Waals surface area contributed by atoms with Crippen molar-refractivity contribution in [2.75, 3.05) is 38.2 Å². The van der Waals surface area contributed by atoms with E-state index in [0.717, 1.165) is 38.1 Å². The van der Waals surface area contributed by atoms with Gasteiger partial charge in [-0.15, -0.1) is 0 Å². The Morgan fingerprint density at radius 1 is 1.14 bits per heavy atom. The highest BCUT2D eigenvalue weighted by atomic mass is 16.5. The Labute approximate surface area is 127 Å². The Bertz CT molecular complexity index is 496. The molecule has 1 aromatic rings. The Kier molecular flexibility index (Phi) is 3.87.